The first-order valence-electron chi connectivity index (χ1n) is 11.0. The predicted molar refractivity (Wildman–Crippen MR) is 110 cm³/mol. The fourth-order valence-corrected chi connectivity index (χ4v) is 5.62. The van der Waals surface area contributed by atoms with E-state index in [-0.39, 0.29) is 11.9 Å². The van der Waals surface area contributed by atoms with Gasteiger partial charge in [-0.05, 0) is 42.6 Å². The molecule has 0 spiro atoms. The van der Waals surface area contributed by atoms with E-state index in [1.807, 2.05) is 18.2 Å². The number of likely N-dealkylation sites (tertiary alicyclic amines) is 1. The number of nitrogens with one attached hydrogen (secondary N) is 2. The van der Waals surface area contributed by atoms with Crippen LogP contribution in [0, 0.1) is 17.8 Å². The molecular formula is C23H33N3O2. The van der Waals surface area contributed by atoms with Gasteiger partial charge in [-0.1, -0.05) is 56.5 Å². The van der Waals surface area contributed by atoms with E-state index in [4.69, 9.17) is 0 Å². The summed E-state index contributed by atoms with van der Waals surface area (Å²) in [4.78, 5) is 27.1. The summed E-state index contributed by atoms with van der Waals surface area (Å²) < 4.78 is 0. The van der Waals surface area contributed by atoms with Crippen LogP contribution in [0.15, 0.2) is 30.3 Å². The van der Waals surface area contributed by atoms with E-state index < -0.39 is 0 Å². The molecule has 2 saturated carbocycles. The zero-order valence-corrected chi connectivity index (χ0v) is 16.9. The minimum absolute atomic E-state index is 0.0342. The zero-order valence-electron chi connectivity index (χ0n) is 16.9. The van der Waals surface area contributed by atoms with Crippen LogP contribution >= 0.6 is 0 Å². The van der Waals surface area contributed by atoms with E-state index in [2.05, 4.69) is 34.6 Å². The van der Waals surface area contributed by atoms with Crippen molar-refractivity contribution in [2.24, 2.45) is 17.8 Å². The molecule has 3 fully saturated rings. The van der Waals surface area contributed by atoms with Crippen LogP contribution in [-0.4, -0.2) is 35.5 Å². The Hall–Kier alpha value is -2.04. The van der Waals surface area contributed by atoms with Crippen molar-refractivity contribution in [2.75, 3.05) is 6.54 Å². The molecule has 3 amide bonds. The van der Waals surface area contributed by atoms with Crippen LogP contribution in [-0.2, 0) is 11.3 Å². The highest BCUT2D eigenvalue weighted by molar-refractivity contribution is 5.79. The van der Waals surface area contributed by atoms with Gasteiger partial charge in [0.1, 0.15) is 0 Å². The highest BCUT2D eigenvalue weighted by Gasteiger charge is 2.50. The van der Waals surface area contributed by atoms with Crippen LogP contribution < -0.4 is 10.6 Å². The molecule has 152 valence electrons. The van der Waals surface area contributed by atoms with E-state index in [1.54, 1.807) is 0 Å². The number of hydrogen-bond donors (Lipinski definition) is 2. The van der Waals surface area contributed by atoms with Gasteiger partial charge in [-0.3, -0.25) is 4.79 Å². The van der Waals surface area contributed by atoms with Gasteiger partial charge in [0.2, 0.25) is 5.91 Å². The zero-order chi connectivity index (χ0) is 19.5. The molecule has 0 bridgehead atoms. The van der Waals surface area contributed by atoms with Gasteiger partial charge in [-0.25, -0.2) is 4.79 Å². The molecule has 1 heterocycles. The van der Waals surface area contributed by atoms with Crippen molar-refractivity contribution >= 4 is 11.9 Å². The van der Waals surface area contributed by atoms with Gasteiger partial charge in [-0.2, -0.15) is 0 Å². The first-order chi connectivity index (χ1) is 13.6. The Morgan fingerprint density at radius 2 is 1.89 bits per heavy atom. The topological polar surface area (TPSA) is 61.4 Å². The molecule has 0 unspecified atom stereocenters. The van der Waals surface area contributed by atoms with E-state index in [0.717, 1.165) is 19.3 Å². The van der Waals surface area contributed by atoms with Crippen LogP contribution in [0.25, 0.3) is 0 Å². The molecule has 3 aliphatic rings. The normalized spacial score (nSPS) is 30.3. The Balaban J connectivity index is 1.32. The quantitative estimate of drug-likeness (QED) is 0.815. The minimum Gasteiger partial charge on any atom is -0.338 e. The van der Waals surface area contributed by atoms with Crippen LogP contribution in [0.3, 0.4) is 0 Å². The average molecular weight is 384 g/mol. The molecule has 2 N–H and O–H groups in total. The number of nitrogens with zero attached hydrogens (tertiary/aromatic N) is 1. The summed E-state index contributed by atoms with van der Waals surface area (Å²) in [5.41, 5.74) is 1.19. The molecule has 1 saturated heterocycles. The minimum atomic E-state index is -0.0342. The number of carbonyl (C=O) groups excluding carboxylic acids is 2. The third kappa shape index (κ3) is 4.18. The summed E-state index contributed by atoms with van der Waals surface area (Å²) in [6.07, 6.45) is 7.58. The Bertz CT molecular complexity index is 686. The first kappa shape index (κ1) is 19.3. The standard InChI is InChI=1S/C23H33N3O2/c1-16-12-21-19(13-22(27)26(21)15-17-8-4-2-5-9-17)20(16)14-24-23(28)25-18-10-6-3-7-11-18/h2,4-5,8-9,16,18-21H,3,6-7,10-15H2,1H3,(H2,24,25,28)/t16-,19-,20+,21+/m0/s1. The van der Waals surface area contributed by atoms with Crippen LogP contribution in [0.4, 0.5) is 4.79 Å². The summed E-state index contributed by atoms with van der Waals surface area (Å²) in [7, 11) is 0. The van der Waals surface area contributed by atoms with Crippen molar-refractivity contribution in [3.8, 4) is 0 Å². The maximum Gasteiger partial charge on any atom is 0.315 e. The summed E-state index contributed by atoms with van der Waals surface area (Å²) in [6.45, 7) is 3.65. The lowest BCUT2D eigenvalue weighted by Gasteiger charge is -2.25. The second-order valence-electron chi connectivity index (χ2n) is 9.01. The van der Waals surface area contributed by atoms with Crippen molar-refractivity contribution in [2.45, 2.75) is 70.5 Å². The summed E-state index contributed by atoms with van der Waals surface area (Å²) in [5.74, 6) is 1.53. The predicted octanol–water partition coefficient (Wildman–Crippen LogP) is 3.69. The molecule has 0 radical (unpaired) electrons. The van der Waals surface area contributed by atoms with E-state index in [0.29, 0.717) is 49.3 Å². The van der Waals surface area contributed by atoms with Gasteiger partial charge in [0, 0.05) is 31.6 Å². The number of hydrogen-bond acceptors (Lipinski definition) is 2. The molecule has 4 rings (SSSR count). The van der Waals surface area contributed by atoms with Gasteiger partial charge in [0.05, 0.1) is 0 Å². The lowest BCUT2D eigenvalue weighted by atomic mass is 9.88. The number of fused-ring (bicyclic) bond motifs is 1. The lowest BCUT2D eigenvalue weighted by molar-refractivity contribution is -0.129. The third-order valence-electron chi connectivity index (χ3n) is 7.15. The molecule has 1 aliphatic heterocycles. The third-order valence-corrected chi connectivity index (χ3v) is 7.15. The average Bonchev–Trinajstić information content (AvgIpc) is 3.16. The van der Waals surface area contributed by atoms with Crippen LogP contribution in [0.5, 0.6) is 0 Å². The maximum absolute atomic E-state index is 12.7. The second kappa shape index (κ2) is 8.54. The number of rotatable bonds is 5. The summed E-state index contributed by atoms with van der Waals surface area (Å²) >= 11 is 0. The molecule has 0 aromatic heterocycles. The van der Waals surface area contributed by atoms with Crippen molar-refractivity contribution in [3.63, 3.8) is 0 Å². The van der Waals surface area contributed by atoms with E-state index >= 15 is 0 Å². The molecule has 28 heavy (non-hydrogen) atoms. The Morgan fingerprint density at radius 3 is 2.64 bits per heavy atom. The van der Waals surface area contributed by atoms with E-state index in [9.17, 15) is 9.59 Å². The molecule has 5 nitrogen and oxygen atoms in total. The van der Waals surface area contributed by atoms with Crippen molar-refractivity contribution in [3.05, 3.63) is 35.9 Å². The fourth-order valence-electron chi connectivity index (χ4n) is 5.62. The van der Waals surface area contributed by atoms with Crippen molar-refractivity contribution in [1.82, 2.24) is 15.5 Å². The first-order valence-corrected chi connectivity index (χ1v) is 11.0. The number of carbonyl (C=O) groups is 2. The Labute approximate surface area is 168 Å². The SMILES string of the molecule is C[C@H]1C[C@@H]2[C@@H](CC(=O)N2Cc2ccccc2)[C@@H]1CNC(=O)NC1CCCCC1. The molecule has 2 aliphatic carbocycles. The second-order valence-corrected chi connectivity index (χ2v) is 9.01. The van der Waals surface area contributed by atoms with Gasteiger partial charge in [0.15, 0.2) is 0 Å². The van der Waals surface area contributed by atoms with Crippen molar-refractivity contribution < 1.29 is 9.59 Å². The molecule has 1 aromatic rings. The Morgan fingerprint density at radius 1 is 1.14 bits per heavy atom. The lowest BCUT2D eigenvalue weighted by Crippen LogP contribution is -2.45. The smallest absolute Gasteiger partial charge is 0.315 e. The molecule has 4 atom stereocenters. The highest BCUT2D eigenvalue weighted by Crippen LogP contribution is 2.46. The molecule has 1 aromatic carbocycles. The largest absolute Gasteiger partial charge is 0.338 e. The van der Waals surface area contributed by atoms with Gasteiger partial charge in [0.25, 0.3) is 0 Å². The number of amides is 3. The highest BCUT2D eigenvalue weighted by atomic mass is 16.2. The summed E-state index contributed by atoms with van der Waals surface area (Å²) in [5, 5.41) is 6.25. The Kier molecular flexibility index (Phi) is 5.88. The monoisotopic (exact) mass is 383 g/mol. The van der Waals surface area contributed by atoms with Gasteiger partial charge < -0.3 is 15.5 Å². The molecular weight excluding hydrogens is 350 g/mol. The number of benzene rings is 1. The van der Waals surface area contributed by atoms with Crippen molar-refractivity contribution in [1.29, 1.82) is 0 Å². The number of urea groups is 1. The van der Waals surface area contributed by atoms with E-state index in [1.165, 1.54) is 24.8 Å². The van der Waals surface area contributed by atoms with Crippen LogP contribution in [0.1, 0.15) is 57.4 Å². The molecule has 5 heteroatoms. The van der Waals surface area contributed by atoms with Crippen LogP contribution in [0.2, 0.25) is 0 Å². The maximum atomic E-state index is 12.7. The fraction of sp³-hybridized carbons (Fsp3) is 0.652. The summed E-state index contributed by atoms with van der Waals surface area (Å²) in [6, 6.07) is 10.9. The van der Waals surface area contributed by atoms with Gasteiger partial charge in [-0.15, -0.1) is 0 Å². The van der Waals surface area contributed by atoms with Gasteiger partial charge >= 0.3 is 6.03 Å².